The van der Waals surface area contributed by atoms with Gasteiger partial charge < -0.3 is 28.8 Å². The molecule has 7 rings (SSSR count). The summed E-state index contributed by atoms with van der Waals surface area (Å²) in [5, 5.41) is 5.88. The first-order valence-electron chi connectivity index (χ1n) is 14.3. The molecule has 0 radical (unpaired) electrons. The Kier molecular flexibility index (Phi) is 7.35. The second-order valence-corrected chi connectivity index (χ2v) is 11.0. The topological polar surface area (TPSA) is 165 Å². The monoisotopic (exact) mass is 604 g/mol. The fourth-order valence-corrected chi connectivity index (χ4v) is 5.00. The second-order valence-electron chi connectivity index (χ2n) is 11.0. The number of oxazole rings is 3. The molecule has 0 saturated heterocycles. The number of nitrogens with one attached hydrogen (secondary N) is 2. The number of allylic oxidation sites excluding steroid dienone is 1. The molecule has 1 aromatic carbocycles. The quantitative estimate of drug-likeness (QED) is 0.310. The molecule has 2 aliphatic rings. The van der Waals surface area contributed by atoms with E-state index in [9.17, 15) is 9.59 Å². The van der Waals surface area contributed by atoms with Crippen LogP contribution in [0.4, 0.5) is 0 Å². The minimum Gasteiger partial charge on any atom is -0.443 e. The molecule has 45 heavy (non-hydrogen) atoms. The molecule has 2 amide bonds. The molecule has 13 heteroatoms. The van der Waals surface area contributed by atoms with Gasteiger partial charge in [-0.25, -0.2) is 24.9 Å². The summed E-state index contributed by atoms with van der Waals surface area (Å²) in [4.78, 5) is 50.7. The van der Waals surface area contributed by atoms with E-state index in [0.717, 1.165) is 29.7 Å². The zero-order chi connectivity index (χ0) is 30.9. The van der Waals surface area contributed by atoms with Crippen molar-refractivity contribution in [1.82, 2.24) is 35.5 Å². The third-order valence-corrected chi connectivity index (χ3v) is 7.29. The highest BCUT2D eigenvalue weighted by atomic mass is 16.4. The number of nitrogens with zero attached hydrogens (tertiary/aromatic N) is 6. The maximum atomic E-state index is 13.1. The summed E-state index contributed by atoms with van der Waals surface area (Å²) in [6.07, 6.45) is 7.18. The maximum absolute atomic E-state index is 13.1. The van der Waals surface area contributed by atoms with Gasteiger partial charge in [-0.1, -0.05) is 24.3 Å². The fourth-order valence-electron chi connectivity index (χ4n) is 5.00. The maximum Gasteiger partial charge on any atom is 0.273 e. The van der Waals surface area contributed by atoms with Gasteiger partial charge in [-0.15, -0.1) is 0 Å². The zero-order valence-electron chi connectivity index (χ0n) is 24.5. The van der Waals surface area contributed by atoms with E-state index < -0.39 is 5.91 Å². The lowest BCUT2D eigenvalue weighted by Crippen LogP contribution is -2.25. The van der Waals surface area contributed by atoms with E-state index in [1.807, 2.05) is 20.2 Å². The van der Waals surface area contributed by atoms with Gasteiger partial charge in [-0.2, -0.15) is 0 Å². The standard InChI is InChI=1S/C32H28N8O5/c1-40(2)9-8-18-10-19-12-20(11-18)14-34-29(42)26-16-44-32(38-26)27-17-45-31(39-27)24-5-3-4-23(36-24)30-37-25(15-43-30)21-6-7-22(35-21)28(41)33-13-19/h3-5,7,10-12,15-17H,6,8-9,13-14H2,1-2H3,(H,33,41)(H,34,42). The molecule has 0 fully saturated rings. The normalized spacial score (nSPS) is 14.8. The lowest BCUT2D eigenvalue weighted by molar-refractivity contribution is -0.117. The van der Waals surface area contributed by atoms with Crippen molar-refractivity contribution in [2.45, 2.75) is 25.9 Å². The van der Waals surface area contributed by atoms with Crippen molar-refractivity contribution in [3.8, 4) is 34.8 Å². The number of aliphatic imine (C=N–C) groups is 1. The van der Waals surface area contributed by atoms with E-state index in [1.54, 1.807) is 24.3 Å². The fraction of sp³-hybridized carbons (Fsp3) is 0.219. The van der Waals surface area contributed by atoms with Crippen LogP contribution in [-0.2, 0) is 24.3 Å². The summed E-state index contributed by atoms with van der Waals surface area (Å²) in [5.74, 6) is -0.0621. The van der Waals surface area contributed by atoms with E-state index in [4.69, 9.17) is 13.3 Å². The average Bonchev–Trinajstić information content (AvgIpc) is 3.87. The Hall–Kier alpha value is -5.69. The highest BCUT2D eigenvalue weighted by molar-refractivity contribution is 6.07. The summed E-state index contributed by atoms with van der Waals surface area (Å²) >= 11 is 0. The number of hydrogen-bond donors (Lipinski definition) is 2. The van der Waals surface area contributed by atoms with Crippen LogP contribution < -0.4 is 10.6 Å². The van der Waals surface area contributed by atoms with Crippen molar-refractivity contribution in [1.29, 1.82) is 0 Å². The number of hydrogen-bond acceptors (Lipinski definition) is 11. The average molecular weight is 605 g/mol. The van der Waals surface area contributed by atoms with Crippen LogP contribution in [0.25, 0.3) is 34.8 Å². The third kappa shape index (κ3) is 6.06. The van der Waals surface area contributed by atoms with Crippen molar-refractivity contribution < 1.29 is 22.8 Å². The molecule has 0 saturated carbocycles. The van der Waals surface area contributed by atoms with E-state index in [2.05, 4.69) is 52.6 Å². The molecule has 12 bridgehead atoms. The number of fused-ring (bicyclic) bond motifs is 15. The third-order valence-electron chi connectivity index (χ3n) is 7.29. The van der Waals surface area contributed by atoms with Crippen molar-refractivity contribution in [2.24, 2.45) is 4.99 Å². The van der Waals surface area contributed by atoms with Crippen molar-refractivity contribution in [3.63, 3.8) is 0 Å². The molecule has 0 unspecified atom stereocenters. The Morgan fingerprint density at radius 3 is 2.04 bits per heavy atom. The summed E-state index contributed by atoms with van der Waals surface area (Å²) in [5.41, 5.74) is 5.64. The number of pyridine rings is 1. The molecule has 13 nitrogen and oxygen atoms in total. The number of carbonyl (C=O) groups is 2. The SMILES string of the molecule is CN(C)CCc1cc2cc(c1)CNC(=O)c1coc(n1)-c1coc(n1)-c1cccc(n1)-c1nc(co1)C1=NC(=CC1)C(=O)NC2. The van der Waals surface area contributed by atoms with E-state index >= 15 is 0 Å². The van der Waals surface area contributed by atoms with Crippen LogP contribution in [-0.4, -0.2) is 63.0 Å². The number of rotatable bonds is 3. The Labute approximate surface area is 257 Å². The molecule has 6 heterocycles. The molecule has 0 spiro atoms. The van der Waals surface area contributed by atoms with Crippen molar-refractivity contribution >= 4 is 17.5 Å². The minimum absolute atomic E-state index is 0.102. The van der Waals surface area contributed by atoms with Crippen LogP contribution in [0.5, 0.6) is 0 Å². The molecule has 2 aliphatic heterocycles. The Morgan fingerprint density at radius 1 is 0.733 bits per heavy atom. The first-order chi connectivity index (χ1) is 21.9. The number of carbonyl (C=O) groups excluding carboxylic acids is 2. The Balaban J connectivity index is 1.23. The summed E-state index contributed by atoms with van der Waals surface area (Å²) in [7, 11) is 4.03. The van der Waals surface area contributed by atoms with Gasteiger partial charge in [0, 0.05) is 26.1 Å². The first-order valence-corrected chi connectivity index (χ1v) is 14.3. The van der Waals surface area contributed by atoms with Gasteiger partial charge in [0.05, 0.1) is 5.71 Å². The zero-order valence-corrected chi connectivity index (χ0v) is 24.5. The van der Waals surface area contributed by atoms with Gasteiger partial charge in [0.15, 0.2) is 11.4 Å². The number of amides is 2. The first kappa shape index (κ1) is 28.1. The minimum atomic E-state index is -0.404. The lowest BCUT2D eigenvalue weighted by atomic mass is 10.0. The van der Waals surface area contributed by atoms with Crippen LogP contribution in [0.1, 0.15) is 39.3 Å². The van der Waals surface area contributed by atoms with Gasteiger partial charge in [0.1, 0.15) is 41.6 Å². The van der Waals surface area contributed by atoms with Gasteiger partial charge in [-0.05, 0) is 55.4 Å². The van der Waals surface area contributed by atoms with Crippen molar-refractivity contribution in [3.05, 3.63) is 95.0 Å². The van der Waals surface area contributed by atoms with E-state index in [0.29, 0.717) is 47.2 Å². The van der Waals surface area contributed by atoms with Crippen LogP contribution >= 0.6 is 0 Å². The largest absolute Gasteiger partial charge is 0.443 e. The van der Waals surface area contributed by atoms with Crippen molar-refractivity contribution in [2.75, 3.05) is 20.6 Å². The van der Waals surface area contributed by atoms with E-state index in [1.165, 1.54) is 18.8 Å². The molecular weight excluding hydrogens is 576 g/mol. The molecule has 5 aromatic rings. The molecule has 0 aliphatic carbocycles. The predicted octanol–water partition coefficient (Wildman–Crippen LogP) is 3.79. The van der Waals surface area contributed by atoms with Gasteiger partial charge in [-0.3, -0.25) is 9.59 Å². The smallest absolute Gasteiger partial charge is 0.273 e. The second kappa shape index (κ2) is 11.8. The molecule has 226 valence electrons. The van der Waals surface area contributed by atoms with E-state index in [-0.39, 0.29) is 35.8 Å². The highest BCUT2D eigenvalue weighted by Crippen LogP contribution is 2.26. The molecule has 0 atom stereocenters. The molecule has 4 aromatic heterocycles. The van der Waals surface area contributed by atoms with Crippen LogP contribution in [0.2, 0.25) is 0 Å². The predicted molar refractivity (Wildman–Crippen MR) is 162 cm³/mol. The van der Waals surface area contributed by atoms with Gasteiger partial charge in [0.2, 0.25) is 17.7 Å². The van der Waals surface area contributed by atoms with Crippen LogP contribution in [0, 0.1) is 0 Å². The lowest BCUT2D eigenvalue weighted by Gasteiger charge is -2.14. The Bertz CT molecular complexity index is 1980. The summed E-state index contributed by atoms with van der Waals surface area (Å²) in [6.45, 7) is 1.40. The number of likely N-dealkylation sites (N-methyl/N-ethyl adjacent to an activating group) is 1. The molecule has 2 N–H and O–H groups in total. The van der Waals surface area contributed by atoms with Crippen LogP contribution in [0.15, 0.2) is 85.2 Å². The number of aromatic nitrogens is 4. The summed E-state index contributed by atoms with van der Waals surface area (Å²) < 4.78 is 16.9. The summed E-state index contributed by atoms with van der Waals surface area (Å²) in [6, 6.07) is 11.3. The van der Waals surface area contributed by atoms with Gasteiger partial charge in [0.25, 0.3) is 11.8 Å². The van der Waals surface area contributed by atoms with Gasteiger partial charge >= 0.3 is 0 Å². The number of benzene rings is 1. The Morgan fingerprint density at radius 2 is 1.33 bits per heavy atom. The highest BCUT2D eigenvalue weighted by Gasteiger charge is 2.22. The van der Waals surface area contributed by atoms with Crippen LogP contribution in [0.3, 0.4) is 0 Å². The molecular formula is C32H28N8O5.